The third-order valence-corrected chi connectivity index (χ3v) is 8.19. The van der Waals surface area contributed by atoms with Gasteiger partial charge in [0, 0.05) is 54.8 Å². The van der Waals surface area contributed by atoms with E-state index >= 15 is 4.39 Å². The third kappa shape index (κ3) is 6.43. The van der Waals surface area contributed by atoms with Gasteiger partial charge in [-0.1, -0.05) is 12.1 Å². The molecule has 12 heteroatoms. The Morgan fingerprint density at radius 1 is 1.20 bits per heavy atom. The summed E-state index contributed by atoms with van der Waals surface area (Å²) in [6, 6.07) is 4.82. The van der Waals surface area contributed by atoms with Gasteiger partial charge in [-0.05, 0) is 38.3 Å². The van der Waals surface area contributed by atoms with Crippen molar-refractivity contribution in [3.8, 4) is 6.01 Å². The number of hydrogen-bond acceptors (Lipinski definition) is 8. The van der Waals surface area contributed by atoms with Crippen molar-refractivity contribution in [3.63, 3.8) is 0 Å². The first kappa shape index (κ1) is 29.7. The van der Waals surface area contributed by atoms with E-state index in [-0.39, 0.29) is 42.5 Å². The molecule has 1 saturated carbocycles. The van der Waals surface area contributed by atoms with Crippen molar-refractivity contribution in [1.29, 1.82) is 0 Å². The summed E-state index contributed by atoms with van der Waals surface area (Å²) in [4.78, 5) is 36.2. The molecule has 1 aromatic carbocycles. The summed E-state index contributed by atoms with van der Waals surface area (Å²) < 4.78 is 39.7. The quantitative estimate of drug-likeness (QED) is 0.253. The van der Waals surface area contributed by atoms with Crippen LogP contribution < -0.4 is 14.5 Å². The van der Waals surface area contributed by atoms with Crippen molar-refractivity contribution in [2.45, 2.75) is 51.0 Å². The van der Waals surface area contributed by atoms with E-state index in [0.717, 1.165) is 29.5 Å². The molecule has 1 saturated heterocycles. The molecule has 10 nitrogen and oxygen atoms in total. The molecule has 0 spiro atoms. The highest BCUT2D eigenvalue weighted by Crippen LogP contribution is 2.35. The van der Waals surface area contributed by atoms with Crippen LogP contribution in [0.25, 0.3) is 15.6 Å². The van der Waals surface area contributed by atoms with E-state index in [1.165, 1.54) is 18.2 Å². The number of allylic oxidation sites excluding steroid dienone is 1. The van der Waals surface area contributed by atoms with Gasteiger partial charge in [0.1, 0.15) is 31.0 Å². The molecule has 0 N–H and O–H groups in total. The van der Waals surface area contributed by atoms with Crippen LogP contribution in [0.1, 0.15) is 31.0 Å². The smallest absolute Gasteiger partial charge is 0.318 e. The molecule has 2 aliphatic heterocycles. The fraction of sp³-hybridized carbons (Fsp3) is 0.469. The van der Waals surface area contributed by atoms with Gasteiger partial charge in [-0.2, -0.15) is 9.97 Å². The number of carbonyl (C=O) groups is 1. The highest BCUT2D eigenvalue weighted by atomic mass is 19.1. The lowest BCUT2D eigenvalue weighted by atomic mass is 10.0. The van der Waals surface area contributed by atoms with E-state index in [1.807, 2.05) is 13.0 Å². The number of fused-ring (bicyclic) bond motifs is 2. The second-order valence-corrected chi connectivity index (χ2v) is 11.4. The number of alkyl halides is 1. The van der Waals surface area contributed by atoms with Gasteiger partial charge in [0.15, 0.2) is 0 Å². The first-order valence-electron chi connectivity index (χ1n) is 15.0. The molecule has 0 bridgehead atoms. The van der Waals surface area contributed by atoms with Crippen molar-refractivity contribution in [2.24, 2.45) is 0 Å². The van der Waals surface area contributed by atoms with E-state index in [1.54, 1.807) is 23.4 Å². The number of piperazine rings is 1. The standard InChI is InChI=1S/C32H35F2N7O3/c1-21(44-24-8-9-24)20-43-32-37-27-19-39(28-17-36-15-22-5-3-6-26(34)30(22)28)12-10-25(27)31(38-32)40-13-14-41(23(18-40)16-35-2)29(42)7-4-11-33/h3-7,15,17,21,23-24H,8-14,16,18-20H2,1H3/b7-4+/t21-,23-/m0/s1. The number of carbonyl (C=O) groups excluding carboxylic acids is 1. The van der Waals surface area contributed by atoms with Crippen LogP contribution in [0.2, 0.25) is 0 Å². The van der Waals surface area contributed by atoms with Crippen LogP contribution in [-0.4, -0.2) is 90.0 Å². The topological polar surface area (TPSA) is 88.3 Å². The minimum absolute atomic E-state index is 0.117. The van der Waals surface area contributed by atoms with Crippen molar-refractivity contribution >= 4 is 28.2 Å². The number of aromatic nitrogens is 3. The Labute approximate surface area is 255 Å². The predicted molar refractivity (Wildman–Crippen MR) is 162 cm³/mol. The predicted octanol–water partition coefficient (Wildman–Crippen LogP) is 4.14. The minimum atomic E-state index is -0.724. The Morgan fingerprint density at radius 3 is 2.86 bits per heavy atom. The average molecular weight is 604 g/mol. The molecular weight excluding hydrogens is 568 g/mol. The highest BCUT2D eigenvalue weighted by Gasteiger charge is 2.35. The number of amides is 1. The molecule has 4 heterocycles. The van der Waals surface area contributed by atoms with Crippen LogP contribution in [-0.2, 0) is 22.5 Å². The van der Waals surface area contributed by atoms with Gasteiger partial charge >= 0.3 is 6.01 Å². The summed E-state index contributed by atoms with van der Waals surface area (Å²) in [6.07, 6.45) is 8.66. The van der Waals surface area contributed by atoms with E-state index in [0.29, 0.717) is 62.6 Å². The normalized spacial score (nSPS) is 19.2. The summed E-state index contributed by atoms with van der Waals surface area (Å²) in [5.41, 5.74) is 2.43. The highest BCUT2D eigenvalue weighted by molar-refractivity contribution is 5.94. The number of nitrogens with zero attached hydrogens (tertiary/aromatic N) is 7. The molecule has 6 rings (SSSR count). The van der Waals surface area contributed by atoms with E-state index in [9.17, 15) is 9.18 Å². The molecule has 3 aromatic rings. The molecule has 44 heavy (non-hydrogen) atoms. The molecule has 2 aromatic heterocycles. The summed E-state index contributed by atoms with van der Waals surface area (Å²) in [5.74, 6) is 0.104. The number of rotatable bonds is 10. The maximum Gasteiger partial charge on any atom is 0.318 e. The summed E-state index contributed by atoms with van der Waals surface area (Å²) in [7, 11) is 0. The number of anilines is 2. The van der Waals surface area contributed by atoms with Crippen LogP contribution in [0, 0.1) is 12.4 Å². The van der Waals surface area contributed by atoms with Gasteiger partial charge in [-0.25, -0.2) is 15.4 Å². The Balaban J connectivity index is 1.31. The van der Waals surface area contributed by atoms with Crippen LogP contribution in [0.3, 0.4) is 0 Å². The average Bonchev–Trinajstić information content (AvgIpc) is 3.86. The zero-order valence-corrected chi connectivity index (χ0v) is 24.7. The lowest BCUT2D eigenvalue weighted by molar-refractivity contribution is -0.128. The fourth-order valence-corrected chi connectivity index (χ4v) is 5.94. The molecule has 2 fully saturated rings. The first-order valence-corrected chi connectivity index (χ1v) is 15.0. The third-order valence-electron chi connectivity index (χ3n) is 8.19. The Kier molecular flexibility index (Phi) is 8.84. The van der Waals surface area contributed by atoms with E-state index in [2.05, 4.69) is 19.6 Å². The zero-order valence-electron chi connectivity index (χ0n) is 24.7. The van der Waals surface area contributed by atoms with Crippen LogP contribution in [0.5, 0.6) is 6.01 Å². The van der Waals surface area contributed by atoms with Crippen molar-refractivity contribution < 1.29 is 23.0 Å². The number of halogens is 2. The van der Waals surface area contributed by atoms with Gasteiger partial charge in [-0.15, -0.1) is 0 Å². The van der Waals surface area contributed by atoms with Crippen molar-refractivity contribution in [3.05, 3.63) is 71.2 Å². The number of hydrogen-bond donors (Lipinski definition) is 0. The Hall–Kier alpha value is -4.37. The van der Waals surface area contributed by atoms with Crippen molar-refractivity contribution in [2.75, 3.05) is 55.8 Å². The van der Waals surface area contributed by atoms with Gasteiger partial charge in [0.05, 0.1) is 36.3 Å². The molecule has 2 atom stereocenters. The second-order valence-electron chi connectivity index (χ2n) is 11.4. The lowest BCUT2D eigenvalue weighted by Gasteiger charge is -2.41. The molecule has 230 valence electrons. The second kappa shape index (κ2) is 13.1. The van der Waals surface area contributed by atoms with Crippen LogP contribution in [0.4, 0.5) is 20.3 Å². The lowest BCUT2D eigenvalue weighted by Crippen LogP contribution is -2.56. The minimum Gasteiger partial charge on any atom is -0.461 e. The monoisotopic (exact) mass is 603 g/mol. The summed E-state index contributed by atoms with van der Waals surface area (Å²) in [5, 5.41) is 1.25. The van der Waals surface area contributed by atoms with E-state index < -0.39 is 6.67 Å². The van der Waals surface area contributed by atoms with Gasteiger partial charge < -0.3 is 29.0 Å². The Bertz CT molecular complexity index is 1590. The fourth-order valence-electron chi connectivity index (χ4n) is 5.94. The maximum absolute atomic E-state index is 15.0. The van der Waals surface area contributed by atoms with E-state index in [4.69, 9.17) is 26.0 Å². The molecular formula is C32H35F2N7O3. The van der Waals surface area contributed by atoms with Gasteiger partial charge in [0.25, 0.3) is 0 Å². The number of ether oxygens (including phenoxy) is 2. The van der Waals surface area contributed by atoms with Gasteiger partial charge in [-0.3, -0.25) is 9.78 Å². The summed E-state index contributed by atoms with van der Waals surface area (Å²) >= 11 is 0. The molecule has 1 aliphatic carbocycles. The van der Waals surface area contributed by atoms with Crippen LogP contribution in [0.15, 0.2) is 42.7 Å². The number of benzene rings is 1. The molecule has 0 radical (unpaired) electrons. The largest absolute Gasteiger partial charge is 0.461 e. The van der Waals surface area contributed by atoms with Gasteiger partial charge in [0.2, 0.25) is 12.5 Å². The van der Waals surface area contributed by atoms with Crippen molar-refractivity contribution in [1.82, 2.24) is 19.9 Å². The maximum atomic E-state index is 15.0. The molecule has 0 unspecified atom stereocenters. The number of pyridine rings is 1. The molecule has 3 aliphatic rings. The molecule has 1 amide bonds. The Morgan fingerprint density at radius 2 is 2.07 bits per heavy atom. The van der Waals surface area contributed by atoms with Crippen LogP contribution >= 0.6 is 0 Å². The zero-order chi connectivity index (χ0) is 30.6. The first-order chi connectivity index (χ1) is 21.4. The SMILES string of the molecule is [C-]#[N+]C[C@H]1CN(c2nc(OC[C@H](C)OC3CC3)nc3c2CCN(c2cncc4cccc(F)c24)C3)CCN1C(=O)/C=C/CF. The summed E-state index contributed by atoms with van der Waals surface area (Å²) in [6.45, 7) is 11.4.